The predicted molar refractivity (Wildman–Crippen MR) is 46.8 cm³/mol. The van der Waals surface area contributed by atoms with E-state index in [1.165, 1.54) is 12.4 Å². The minimum atomic E-state index is -0.450. The van der Waals surface area contributed by atoms with Gasteiger partial charge in [0.15, 0.2) is 5.82 Å². The van der Waals surface area contributed by atoms with Crippen LogP contribution in [0.2, 0.25) is 5.02 Å². The summed E-state index contributed by atoms with van der Waals surface area (Å²) >= 11 is 5.78. The largest absolute Gasteiger partial charge is 0.285 e. The van der Waals surface area contributed by atoms with Gasteiger partial charge in [0.1, 0.15) is 0 Å². The average Bonchev–Trinajstić information content (AvgIpc) is 2.57. The van der Waals surface area contributed by atoms with Crippen molar-refractivity contribution < 1.29 is 4.39 Å². The Morgan fingerprint density at radius 2 is 2.15 bits per heavy atom. The Labute approximate surface area is 78.6 Å². The lowest BCUT2D eigenvalue weighted by molar-refractivity contribution is 0.625. The van der Waals surface area contributed by atoms with E-state index in [4.69, 9.17) is 11.6 Å². The molecule has 0 aliphatic rings. The van der Waals surface area contributed by atoms with Gasteiger partial charge in [-0.15, -0.1) is 0 Å². The van der Waals surface area contributed by atoms with Crippen LogP contribution in [0.1, 0.15) is 0 Å². The molecule has 0 fully saturated rings. The summed E-state index contributed by atoms with van der Waals surface area (Å²) in [5.74, 6) is -0.450. The second kappa shape index (κ2) is 3.14. The van der Waals surface area contributed by atoms with Crippen LogP contribution < -0.4 is 0 Å². The van der Waals surface area contributed by atoms with E-state index in [0.29, 0.717) is 11.1 Å². The maximum Gasteiger partial charge on any atom is 0.150 e. The van der Waals surface area contributed by atoms with Gasteiger partial charge in [0, 0.05) is 23.5 Å². The van der Waals surface area contributed by atoms with Crippen LogP contribution in [0, 0.1) is 5.82 Å². The van der Waals surface area contributed by atoms with Gasteiger partial charge in [-0.25, -0.2) is 4.39 Å². The molecule has 0 spiro atoms. The molecule has 0 bridgehead atoms. The Kier molecular flexibility index (Phi) is 1.98. The summed E-state index contributed by atoms with van der Waals surface area (Å²) in [6.07, 6.45) is 5.59. The van der Waals surface area contributed by atoms with Gasteiger partial charge in [0.2, 0.25) is 0 Å². The third-order valence-corrected chi connectivity index (χ3v) is 1.93. The smallest absolute Gasteiger partial charge is 0.150 e. The summed E-state index contributed by atoms with van der Waals surface area (Å²) in [5.41, 5.74) is 0.940. The number of nitrogens with one attached hydrogen (secondary N) is 1. The first-order valence-electron chi connectivity index (χ1n) is 3.57. The van der Waals surface area contributed by atoms with Crippen LogP contribution in [0.25, 0.3) is 11.1 Å². The van der Waals surface area contributed by atoms with Crippen LogP contribution in [0.3, 0.4) is 0 Å². The van der Waals surface area contributed by atoms with Crippen LogP contribution in [-0.2, 0) is 0 Å². The number of aromatic amines is 1. The van der Waals surface area contributed by atoms with E-state index in [2.05, 4.69) is 15.2 Å². The summed E-state index contributed by atoms with van der Waals surface area (Å²) in [6.45, 7) is 0. The zero-order valence-electron chi connectivity index (χ0n) is 6.46. The van der Waals surface area contributed by atoms with Gasteiger partial charge in [-0.2, -0.15) is 5.10 Å². The molecule has 0 saturated heterocycles. The Morgan fingerprint density at radius 1 is 1.31 bits per heavy atom. The summed E-state index contributed by atoms with van der Waals surface area (Å²) in [7, 11) is 0. The molecular weight excluding hydrogens is 193 g/mol. The topological polar surface area (TPSA) is 41.6 Å². The highest BCUT2D eigenvalue weighted by atomic mass is 35.5. The number of aromatic nitrogens is 3. The number of rotatable bonds is 1. The second-order valence-corrected chi connectivity index (χ2v) is 2.87. The summed E-state index contributed by atoms with van der Waals surface area (Å²) in [4.78, 5) is 3.62. The van der Waals surface area contributed by atoms with Crippen LogP contribution in [0.15, 0.2) is 24.8 Å². The number of nitrogens with zero attached hydrogens (tertiary/aromatic N) is 2. The van der Waals surface area contributed by atoms with Crippen LogP contribution in [0.4, 0.5) is 4.39 Å². The fourth-order valence-corrected chi connectivity index (χ4v) is 1.33. The quantitative estimate of drug-likeness (QED) is 0.762. The van der Waals surface area contributed by atoms with Crippen molar-refractivity contribution in [3.63, 3.8) is 0 Å². The molecule has 66 valence electrons. The number of H-pyrrole nitrogens is 1. The van der Waals surface area contributed by atoms with Crippen molar-refractivity contribution in [2.45, 2.75) is 0 Å². The van der Waals surface area contributed by atoms with Crippen molar-refractivity contribution in [1.29, 1.82) is 0 Å². The standard InChI is InChI=1S/C8H5ClFN3/c9-6-3-11-4-7(10)8(6)5-1-12-13-2-5/h1-4H,(H,12,13). The fraction of sp³-hybridized carbons (Fsp3) is 0. The predicted octanol–water partition coefficient (Wildman–Crippen LogP) is 2.26. The number of halogens is 2. The highest BCUT2D eigenvalue weighted by molar-refractivity contribution is 6.33. The van der Waals surface area contributed by atoms with Crippen molar-refractivity contribution in [2.24, 2.45) is 0 Å². The molecule has 0 aromatic carbocycles. The Balaban J connectivity index is 2.64. The van der Waals surface area contributed by atoms with Gasteiger partial charge in [0.25, 0.3) is 0 Å². The molecule has 0 aliphatic carbocycles. The molecule has 0 atom stereocenters. The number of hydrogen-bond donors (Lipinski definition) is 1. The first-order valence-corrected chi connectivity index (χ1v) is 3.95. The van der Waals surface area contributed by atoms with Crippen LogP contribution in [0.5, 0.6) is 0 Å². The Bertz CT molecular complexity index is 393. The van der Waals surface area contributed by atoms with Gasteiger partial charge in [-0.1, -0.05) is 11.6 Å². The molecule has 13 heavy (non-hydrogen) atoms. The third-order valence-electron chi connectivity index (χ3n) is 1.64. The minimum Gasteiger partial charge on any atom is -0.285 e. The zero-order chi connectivity index (χ0) is 9.26. The molecular formula is C8H5ClFN3. The molecule has 0 saturated carbocycles. The lowest BCUT2D eigenvalue weighted by Gasteiger charge is -2.00. The van der Waals surface area contributed by atoms with Crippen LogP contribution >= 0.6 is 11.6 Å². The molecule has 0 radical (unpaired) electrons. The van der Waals surface area contributed by atoms with E-state index in [9.17, 15) is 4.39 Å². The van der Waals surface area contributed by atoms with E-state index in [1.807, 2.05) is 0 Å². The average molecular weight is 198 g/mol. The molecule has 0 aliphatic heterocycles. The van der Waals surface area contributed by atoms with Crippen molar-refractivity contribution in [2.75, 3.05) is 0 Å². The van der Waals surface area contributed by atoms with Gasteiger partial charge < -0.3 is 0 Å². The summed E-state index contributed by atoms with van der Waals surface area (Å²) < 4.78 is 13.2. The van der Waals surface area contributed by atoms with Gasteiger partial charge in [-0.05, 0) is 0 Å². The molecule has 3 nitrogen and oxygen atoms in total. The van der Waals surface area contributed by atoms with E-state index in [1.54, 1.807) is 6.20 Å². The molecule has 2 heterocycles. The molecule has 2 aromatic rings. The third kappa shape index (κ3) is 1.40. The van der Waals surface area contributed by atoms with E-state index in [-0.39, 0.29) is 5.02 Å². The summed E-state index contributed by atoms with van der Waals surface area (Å²) in [5, 5.41) is 6.58. The van der Waals surface area contributed by atoms with Gasteiger partial charge >= 0.3 is 0 Å². The van der Waals surface area contributed by atoms with Crippen molar-refractivity contribution in [3.05, 3.63) is 35.6 Å². The Morgan fingerprint density at radius 3 is 2.77 bits per heavy atom. The molecule has 0 amide bonds. The van der Waals surface area contributed by atoms with Crippen molar-refractivity contribution >= 4 is 11.6 Å². The lowest BCUT2D eigenvalue weighted by Crippen LogP contribution is -1.85. The highest BCUT2D eigenvalue weighted by Gasteiger charge is 2.10. The highest BCUT2D eigenvalue weighted by Crippen LogP contribution is 2.28. The van der Waals surface area contributed by atoms with Crippen LogP contribution in [-0.4, -0.2) is 15.2 Å². The number of hydrogen-bond acceptors (Lipinski definition) is 2. The number of pyridine rings is 1. The zero-order valence-corrected chi connectivity index (χ0v) is 7.22. The second-order valence-electron chi connectivity index (χ2n) is 2.47. The first-order chi connectivity index (χ1) is 6.29. The monoisotopic (exact) mass is 197 g/mol. The molecule has 2 aromatic heterocycles. The summed E-state index contributed by atoms with van der Waals surface area (Å²) in [6, 6.07) is 0. The van der Waals surface area contributed by atoms with E-state index in [0.717, 1.165) is 6.20 Å². The van der Waals surface area contributed by atoms with Crippen molar-refractivity contribution in [3.8, 4) is 11.1 Å². The molecule has 0 unspecified atom stereocenters. The minimum absolute atomic E-state index is 0.279. The maximum atomic E-state index is 13.2. The van der Waals surface area contributed by atoms with Gasteiger partial charge in [-0.3, -0.25) is 10.1 Å². The molecule has 5 heteroatoms. The molecule has 2 rings (SSSR count). The Hall–Kier alpha value is -1.42. The van der Waals surface area contributed by atoms with E-state index >= 15 is 0 Å². The normalized spacial score (nSPS) is 10.3. The molecule has 1 N–H and O–H groups in total. The SMILES string of the molecule is Fc1cncc(Cl)c1-c1cn[nH]c1. The maximum absolute atomic E-state index is 13.2. The van der Waals surface area contributed by atoms with Gasteiger partial charge in [0.05, 0.1) is 17.4 Å². The fourth-order valence-electron chi connectivity index (χ4n) is 1.07. The first kappa shape index (κ1) is 8.19. The van der Waals surface area contributed by atoms with E-state index < -0.39 is 5.82 Å². The lowest BCUT2D eigenvalue weighted by atomic mass is 10.1. The van der Waals surface area contributed by atoms with Crippen molar-refractivity contribution in [1.82, 2.24) is 15.2 Å².